The van der Waals surface area contributed by atoms with Crippen molar-refractivity contribution in [3.8, 4) is 0 Å². The van der Waals surface area contributed by atoms with Gasteiger partial charge in [-0.2, -0.15) is 5.10 Å². The van der Waals surface area contributed by atoms with Gasteiger partial charge in [0.15, 0.2) is 5.69 Å². The van der Waals surface area contributed by atoms with Gasteiger partial charge in [0, 0.05) is 6.20 Å². The van der Waals surface area contributed by atoms with E-state index in [-0.39, 0.29) is 18.2 Å². The molecule has 2 N–H and O–H groups in total. The van der Waals surface area contributed by atoms with Crippen LogP contribution in [0.5, 0.6) is 0 Å². The number of benzene rings is 1. The molecule has 0 aliphatic carbocycles. The van der Waals surface area contributed by atoms with Crippen molar-refractivity contribution < 1.29 is 14.7 Å². The average molecular weight is 340 g/mol. The van der Waals surface area contributed by atoms with Gasteiger partial charge in [-0.3, -0.25) is 19.6 Å². The quantitative estimate of drug-likeness (QED) is 0.696. The molecule has 9 heteroatoms. The molecule has 0 aliphatic heterocycles. The highest BCUT2D eigenvalue weighted by Gasteiger charge is 2.13. The number of hydrogen-bond donors (Lipinski definition) is 2. The van der Waals surface area contributed by atoms with Gasteiger partial charge in [0.1, 0.15) is 12.9 Å². The Morgan fingerprint density at radius 3 is 2.72 bits per heavy atom. The summed E-state index contributed by atoms with van der Waals surface area (Å²) in [4.78, 5) is 26.8. The maximum absolute atomic E-state index is 12.1. The molecule has 0 unspecified atom stereocenters. The number of amides is 1. The number of aromatic nitrogens is 5. The van der Waals surface area contributed by atoms with Crippen LogP contribution in [0.4, 0.5) is 5.95 Å². The van der Waals surface area contributed by atoms with Crippen molar-refractivity contribution in [2.24, 2.45) is 0 Å². The number of nitrogens with zero attached hydrogens (tertiary/aromatic N) is 5. The minimum Gasteiger partial charge on any atom is -0.480 e. The summed E-state index contributed by atoms with van der Waals surface area (Å²) in [6.07, 6.45) is 2.96. The van der Waals surface area contributed by atoms with Crippen LogP contribution < -0.4 is 5.32 Å². The van der Waals surface area contributed by atoms with E-state index in [1.54, 1.807) is 4.68 Å². The minimum absolute atomic E-state index is 0.0940. The molecule has 128 valence electrons. The summed E-state index contributed by atoms with van der Waals surface area (Å²) in [7, 11) is 0. The summed E-state index contributed by atoms with van der Waals surface area (Å²) in [6.45, 7) is 2.25. The first-order valence-corrected chi connectivity index (χ1v) is 7.52. The summed E-state index contributed by atoms with van der Waals surface area (Å²) in [5.41, 5.74) is 2.35. The van der Waals surface area contributed by atoms with E-state index >= 15 is 0 Å². The Morgan fingerprint density at radius 2 is 1.96 bits per heavy atom. The second-order valence-electron chi connectivity index (χ2n) is 5.44. The van der Waals surface area contributed by atoms with Gasteiger partial charge >= 0.3 is 5.97 Å². The molecule has 0 fully saturated rings. The second-order valence-corrected chi connectivity index (χ2v) is 5.44. The third-order valence-corrected chi connectivity index (χ3v) is 3.53. The van der Waals surface area contributed by atoms with Crippen molar-refractivity contribution in [1.82, 2.24) is 24.5 Å². The molecule has 0 aliphatic rings. The smallest absolute Gasteiger partial charge is 0.325 e. The third kappa shape index (κ3) is 4.08. The van der Waals surface area contributed by atoms with Crippen molar-refractivity contribution >= 4 is 17.8 Å². The highest BCUT2D eigenvalue weighted by Crippen LogP contribution is 2.09. The van der Waals surface area contributed by atoms with Crippen LogP contribution in [-0.4, -0.2) is 41.5 Å². The van der Waals surface area contributed by atoms with Gasteiger partial charge in [-0.05, 0) is 24.1 Å². The first kappa shape index (κ1) is 16.4. The number of carboxylic acids is 1. The predicted molar refractivity (Wildman–Crippen MR) is 88.1 cm³/mol. The van der Waals surface area contributed by atoms with Crippen molar-refractivity contribution in [3.05, 3.63) is 59.7 Å². The number of carbonyl (C=O) groups is 2. The van der Waals surface area contributed by atoms with E-state index in [2.05, 4.69) is 20.5 Å². The van der Waals surface area contributed by atoms with E-state index < -0.39 is 11.9 Å². The zero-order valence-corrected chi connectivity index (χ0v) is 13.5. The molecule has 3 aromatic rings. The minimum atomic E-state index is -1.04. The molecule has 25 heavy (non-hydrogen) atoms. The lowest BCUT2D eigenvalue weighted by Crippen LogP contribution is -2.16. The molecule has 0 saturated heterocycles. The fraction of sp³-hybridized carbons (Fsp3) is 0.188. The van der Waals surface area contributed by atoms with Gasteiger partial charge in [-0.1, -0.05) is 24.3 Å². The number of anilines is 1. The molecule has 1 aromatic carbocycles. The SMILES string of the molecule is Cc1ccccc1Cn1cnc(NC(=O)c2ccn(CC(=O)O)n2)n1. The van der Waals surface area contributed by atoms with Crippen LogP contribution in [0.3, 0.4) is 0 Å². The Labute approximate surface area is 142 Å². The average Bonchev–Trinajstić information content (AvgIpc) is 3.19. The third-order valence-electron chi connectivity index (χ3n) is 3.53. The Bertz CT molecular complexity index is 914. The van der Waals surface area contributed by atoms with Gasteiger partial charge in [0.05, 0.1) is 6.54 Å². The summed E-state index contributed by atoms with van der Waals surface area (Å²) in [6, 6.07) is 9.38. The number of carboxylic acid groups (broad SMARTS) is 1. The molecular weight excluding hydrogens is 324 g/mol. The molecule has 0 radical (unpaired) electrons. The lowest BCUT2D eigenvalue weighted by Gasteiger charge is -2.04. The molecule has 2 aromatic heterocycles. The monoisotopic (exact) mass is 340 g/mol. The maximum atomic E-state index is 12.1. The number of rotatable bonds is 6. The zero-order chi connectivity index (χ0) is 17.8. The Kier molecular flexibility index (Phi) is 4.55. The predicted octanol–water partition coefficient (Wildman–Crippen LogP) is 1.17. The Morgan fingerprint density at radius 1 is 1.16 bits per heavy atom. The van der Waals surface area contributed by atoms with Crippen molar-refractivity contribution in [1.29, 1.82) is 0 Å². The number of aliphatic carboxylic acids is 1. The molecule has 0 atom stereocenters. The Balaban J connectivity index is 1.65. The van der Waals surface area contributed by atoms with Crippen molar-refractivity contribution in [3.63, 3.8) is 0 Å². The van der Waals surface area contributed by atoms with Gasteiger partial charge in [0.25, 0.3) is 5.91 Å². The number of nitrogens with one attached hydrogen (secondary N) is 1. The van der Waals surface area contributed by atoms with Crippen LogP contribution in [0.15, 0.2) is 42.9 Å². The van der Waals surface area contributed by atoms with E-state index in [0.29, 0.717) is 6.54 Å². The van der Waals surface area contributed by atoms with Gasteiger partial charge in [-0.15, -0.1) is 5.10 Å². The van der Waals surface area contributed by atoms with E-state index in [1.165, 1.54) is 23.3 Å². The Hall–Kier alpha value is -3.49. The number of hydrogen-bond acceptors (Lipinski definition) is 5. The summed E-state index contributed by atoms with van der Waals surface area (Å²) >= 11 is 0. The molecule has 0 bridgehead atoms. The highest BCUT2D eigenvalue weighted by atomic mass is 16.4. The summed E-state index contributed by atoms with van der Waals surface area (Å²) in [5.74, 6) is -1.38. The molecule has 2 heterocycles. The fourth-order valence-electron chi connectivity index (χ4n) is 2.27. The van der Waals surface area contributed by atoms with Crippen molar-refractivity contribution in [2.45, 2.75) is 20.0 Å². The van der Waals surface area contributed by atoms with Crippen LogP contribution in [0.1, 0.15) is 21.6 Å². The second kappa shape index (κ2) is 6.95. The molecule has 0 spiro atoms. The van der Waals surface area contributed by atoms with Crippen LogP contribution >= 0.6 is 0 Å². The molecule has 9 nitrogen and oxygen atoms in total. The summed E-state index contributed by atoms with van der Waals surface area (Å²) in [5, 5.41) is 19.4. The summed E-state index contributed by atoms with van der Waals surface area (Å²) < 4.78 is 2.79. The van der Waals surface area contributed by atoms with Crippen LogP contribution in [0.25, 0.3) is 0 Å². The van der Waals surface area contributed by atoms with Crippen LogP contribution in [0, 0.1) is 6.92 Å². The number of aryl methyl sites for hydroxylation is 1. The van der Waals surface area contributed by atoms with Gasteiger partial charge in [-0.25, -0.2) is 9.67 Å². The lowest BCUT2D eigenvalue weighted by molar-refractivity contribution is -0.137. The first-order chi connectivity index (χ1) is 12.0. The topological polar surface area (TPSA) is 115 Å². The van der Waals surface area contributed by atoms with E-state index in [1.807, 2.05) is 31.2 Å². The highest BCUT2D eigenvalue weighted by molar-refractivity contribution is 6.01. The standard InChI is InChI=1S/C16H16N6O3/c1-11-4-2-3-5-12(11)8-22-10-17-16(20-22)18-15(25)13-6-7-21(19-13)9-14(23)24/h2-7,10H,8-9H2,1H3,(H,23,24)(H,18,20,25). The van der Waals surface area contributed by atoms with Gasteiger partial charge < -0.3 is 5.11 Å². The fourth-order valence-corrected chi connectivity index (χ4v) is 2.27. The van der Waals surface area contributed by atoms with Gasteiger partial charge in [0.2, 0.25) is 5.95 Å². The molecular formula is C16H16N6O3. The van der Waals surface area contributed by atoms with E-state index in [0.717, 1.165) is 11.1 Å². The van der Waals surface area contributed by atoms with E-state index in [4.69, 9.17) is 5.11 Å². The normalized spacial score (nSPS) is 10.6. The molecule has 3 rings (SSSR count). The number of carbonyl (C=O) groups excluding carboxylic acids is 1. The van der Waals surface area contributed by atoms with Crippen LogP contribution in [-0.2, 0) is 17.9 Å². The van der Waals surface area contributed by atoms with Crippen LogP contribution in [0.2, 0.25) is 0 Å². The zero-order valence-electron chi connectivity index (χ0n) is 13.5. The maximum Gasteiger partial charge on any atom is 0.325 e. The van der Waals surface area contributed by atoms with Crippen molar-refractivity contribution in [2.75, 3.05) is 5.32 Å². The molecule has 1 amide bonds. The lowest BCUT2D eigenvalue weighted by atomic mass is 10.1. The first-order valence-electron chi connectivity index (χ1n) is 7.52. The molecule has 0 saturated carbocycles. The largest absolute Gasteiger partial charge is 0.480 e. The van der Waals surface area contributed by atoms with E-state index in [9.17, 15) is 9.59 Å².